The zero-order valence-corrected chi connectivity index (χ0v) is 9.98. The van der Waals surface area contributed by atoms with Crippen LogP contribution in [-0.4, -0.2) is 15.9 Å². The molecule has 2 N–H and O–H groups in total. The molecule has 3 nitrogen and oxygen atoms in total. The third kappa shape index (κ3) is 10.5. The molecule has 1 atom stereocenters. The van der Waals surface area contributed by atoms with Crippen LogP contribution in [0.4, 0.5) is 0 Å². The molecule has 0 amide bonds. The van der Waals surface area contributed by atoms with Gasteiger partial charge >= 0.3 is 6.72 Å². The van der Waals surface area contributed by atoms with Gasteiger partial charge in [-0.25, -0.2) is 0 Å². The zero-order valence-electron chi connectivity index (χ0n) is 8.27. The normalized spacial score (nSPS) is 14.5. The highest BCUT2D eigenvalue weighted by Crippen LogP contribution is 2.38. The fourth-order valence-electron chi connectivity index (χ4n) is 1.15. The van der Waals surface area contributed by atoms with E-state index in [9.17, 15) is 0 Å². The van der Waals surface area contributed by atoms with Crippen LogP contribution in [0.1, 0.15) is 46.0 Å². The third-order valence-electron chi connectivity index (χ3n) is 1.78. The van der Waals surface area contributed by atoms with E-state index in [0.717, 1.165) is 12.8 Å². The molecule has 0 aromatic carbocycles. The van der Waals surface area contributed by atoms with E-state index >= 15 is 0 Å². The van der Waals surface area contributed by atoms with Crippen LogP contribution >= 0.6 is 6.72 Å². The highest BCUT2D eigenvalue weighted by atomic mass is 32.5. The second-order valence-corrected chi connectivity index (χ2v) is 5.87. The summed E-state index contributed by atoms with van der Waals surface area (Å²) in [6, 6.07) is 0. The van der Waals surface area contributed by atoms with Crippen molar-refractivity contribution >= 4 is 18.5 Å². The Hall–Kier alpha value is 0.530. The summed E-state index contributed by atoms with van der Waals surface area (Å²) in [5, 5.41) is 0. The van der Waals surface area contributed by atoms with Gasteiger partial charge in [-0.2, -0.15) is 0 Å². The molecule has 0 bridgehead atoms. The maximum atomic E-state index is 8.85. The van der Waals surface area contributed by atoms with Gasteiger partial charge in [0.15, 0.2) is 0 Å². The van der Waals surface area contributed by atoms with Crippen molar-refractivity contribution in [2.24, 2.45) is 0 Å². The van der Waals surface area contributed by atoms with E-state index in [0.29, 0.717) is 0 Å². The highest BCUT2D eigenvalue weighted by Gasteiger charge is 2.13. The standard InChI is InChI=1S/C8H19O3PS/c1-3-4-5-6-7-8(2)11-12(9,10)13/h8H,3-7H2,1-2H3,(H2,9,10,13). The molecule has 0 aromatic heterocycles. The van der Waals surface area contributed by atoms with Crippen molar-refractivity contribution in [3.8, 4) is 0 Å². The lowest BCUT2D eigenvalue weighted by Gasteiger charge is -2.15. The Labute approximate surface area is 85.4 Å². The molecule has 13 heavy (non-hydrogen) atoms. The van der Waals surface area contributed by atoms with Crippen LogP contribution in [0.2, 0.25) is 0 Å². The summed E-state index contributed by atoms with van der Waals surface area (Å²) in [4.78, 5) is 17.7. The number of hydrogen-bond acceptors (Lipinski definition) is 2. The first kappa shape index (κ1) is 13.5. The van der Waals surface area contributed by atoms with E-state index in [1.54, 1.807) is 0 Å². The molecule has 0 saturated carbocycles. The minimum atomic E-state index is -3.44. The maximum Gasteiger partial charge on any atom is 0.322 e. The summed E-state index contributed by atoms with van der Waals surface area (Å²) < 4.78 is 4.85. The molecule has 80 valence electrons. The molecule has 0 spiro atoms. The van der Waals surface area contributed by atoms with Crippen molar-refractivity contribution in [2.75, 3.05) is 0 Å². The summed E-state index contributed by atoms with van der Waals surface area (Å²) >= 11 is 4.36. The summed E-state index contributed by atoms with van der Waals surface area (Å²) in [7, 11) is 0. The zero-order chi connectivity index (χ0) is 10.3. The Morgan fingerprint density at radius 1 is 1.31 bits per heavy atom. The smallest absolute Gasteiger partial charge is 0.322 e. The second-order valence-electron chi connectivity index (χ2n) is 3.26. The minimum absolute atomic E-state index is 0.141. The molecule has 0 saturated heterocycles. The van der Waals surface area contributed by atoms with Crippen LogP contribution in [0.15, 0.2) is 0 Å². The van der Waals surface area contributed by atoms with Crippen molar-refractivity contribution in [3.63, 3.8) is 0 Å². The molecule has 1 unspecified atom stereocenters. The molecule has 0 aliphatic carbocycles. The van der Waals surface area contributed by atoms with Gasteiger partial charge in [-0.05, 0) is 25.2 Å². The molecule has 0 heterocycles. The molecule has 0 aliphatic rings. The number of unbranched alkanes of at least 4 members (excludes halogenated alkanes) is 3. The molecule has 5 heteroatoms. The molecule has 0 aliphatic heterocycles. The Balaban J connectivity index is 3.41. The van der Waals surface area contributed by atoms with Crippen LogP contribution in [0.5, 0.6) is 0 Å². The Bertz CT molecular complexity index is 169. The first-order valence-corrected chi connectivity index (χ1v) is 7.32. The third-order valence-corrected chi connectivity index (χ3v) is 2.67. The Morgan fingerprint density at radius 3 is 2.38 bits per heavy atom. The molecule has 0 aromatic rings. The van der Waals surface area contributed by atoms with E-state index in [1.165, 1.54) is 19.3 Å². The lowest BCUT2D eigenvalue weighted by atomic mass is 10.1. The molecular weight excluding hydrogens is 207 g/mol. The number of rotatable bonds is 7. The lowest BCUT2D eigenvalue weighted by molar-refractivity contribution is 0.172. The van der Waals surface area contributed by atoms with Gasteiger partial charge in [-0.1, -0.05) is 32.6 Å². The van der Waals surface area contributed by atoms with Crippen molar-refractivity contribution in [3.05, 3.63) is 0 Å². The average molecular weight is 226 g/mol. The average Bonchev–Trinajstić information content (AvgIpc) is 1.94. The van der Waals surface area contributed by atoms with Crippen molar-refractivity contribution in [1.29, 1.82) is 0 Å². The SMILES string of the molecule is CCCCCCC(C)OP(O)(O)=S. The van der Waals surface area contributed by atoms with Gasteiger partial charge in [0.25, 0.3) is 0 Å². The van der Waals surface area contributed by atoms with Crippen LogP contribution in [0.3, 0.4) is 0 Å². The highest BCUT2D eigenvalue weighted by molar-refractivity contribution is 8.06. The van der Waals surface area contributed by atoms with E-state index in [2.05, 4.69) is 18.7 Å². The minimum Gasteiger partial charge on any atom is -0.325 e. The van der Waals surface area contributed by atoms with Crippen LogP contribution in [0.25, 0.3) is 0 Å². The van der Waals surface area contributed by atoms with Crippen molar-refractivity contribution < 1.29 is 14.3 Å². The quantitative estimate of drug-likeness (QED) is 0.517. The molecule has 0 radical (unpaired) electrons. The Kier molecular flexibility index (Phi) is 7.19. The van der Waals surface area contributed by atoms with Gasteiger partial charge in [-0.15, -0.1) is 0 Å². The van der Waals surface area contributed by atoms with Gasteiger partial charge < -0.3 is 14.3 Å². The predicted molar refractivity (Wildman–Crippen MR) is 58.0 cm³/mol. The van der Waals surface area contributed by atoms with Crippen LogP contribution < -0.4 is 0 Å². The second kappa shape index (κ2) is 6.91. The lowest BCUT2D eigenvalue weighted by Crippen LogP contribution is -2.05. The van der Waals surface area contributed by atoms with Gasteiger partial charge in [-0.3, -0.25) is 0 Å². The van der Waals surface area contributed by atoms with E-state index < -0.39 is 6.72 Å². The topological polar surface area (TPSA) is 49.7 Å². The van der Waals surface area contributed by atoms with Crippen molar-refractivity contribution in [2.45, 2.75) is 52.1 Å². The summed E-state index contributed by atoms with van der Waals surface area (Å²) in [6.45, 7) is 0.529. The van der Waals surface area contributed by atoms with Gasteiger partial charge in [0.2, 0.25) is 0 Å². The van der Waals surface area contributed by atoms with Gasteiger partial charge in [0.05, 0.1) is 6.10 Å². The van der Waals surface area contributed by atoms with Crippen molar-refractivity contribution in [1.82, 2.24) is 0 Å². The van der Waals surface area contributed by atoms with Crippen LogP contribution in [-0.2, 0) is 16.3 Å². The Morgan fingerprint density at radius 2 is 1.92 bits per heavy atom. The maximum absolute atomic E-state index is 8.85. The van der Waals surface area contributed by atoms with Gasteiger partial charge in [0, 0.05) is 0 Å². The first-order valence-electron chi connectivity index (χ1n) is 4.69. The first-order chi connectivity index (χ1) is 5.95. The molecular formula is C8H19O3PS. The molecule has 0 fully saturated rings. The summed E-state index contributed by atoms with van der Waals surface area (Å²) in [6.07, 6.45) is 5.36. The van der Waals surface area contributed by atoms with E-state index in [1.807, 2.05) is 6.92 Å². The molecule has 0 rings (SSSR count). The monoisotopic (exact) mass is 226 g/mol. The van der Waals surface area contributed by atoms with Crippen LogP contribution in [0, 0.1) is 0 Å². The van der Waals surface area contributed by atoms with E-state index in [-0.39, 0.29) is 6.10 Å². The fraction of sp³-hybridized carbons (Fsp3) is 1.00. The summed E-state index contributed by atoms with van der Waals surface area (Å²) in [5.74, 6) is 0. The fourth-order valence-corrected chi connectivity index (χ4v) is 2.16. The van der Waals surface area contributed by atoms with E-state index in [4.69, 9.17) is 14.3 Å². The summed E-state index contributed by atoms with van der Waals surface area (Å²) in [5.41, 5.74) is 0. The predicted octanol–water partition coefficient (Wildman–Crippen LogP) is 2.57. The van der Waals surface area contributed by atoms with Gasteiger partial charge in [0.1, 0.15) is 0 Å². The number of hydrogen-bond donors (Lipinski definition) is 2. The largest absolute Gasteiger partial charge is 0.325 e.